The Morgan fingerprint density at radius 1 is 0.774 bits per heavy atom. The van der Waals surface area contributed by atoms with Crippen LogP contribution in [0.2, 0.25) is 0 Å². The van der Waals surface area contributed by atoms with E-state index in [1.807, 2.05) is 0 Å². The topological polar surface area (TPSA) is 36.8 Å². The van der Waals surface area contributed by atoms with Gasteiger partial charge in [0.2, 0.25) is 0 Å². The van der Waals surface area contributed by atoms with E-state index in [9.17, 15) is 0 Å². The third kappa shape index (κ3) is 4.93. The number of hydrogen-bond acceptors (Lipinski definition) is 3. The van der Waals surface area contributed by atoms with Gasteiger partial charge in [0.25, 0.3) is 0 Å². The lowest BCUT2D eigenvalue weighted by atomic mass is 9.93. The molecule has 1 atom stereocenters. The first kappa shape index (κ1) is 21.0. The molecule has 0 aromatic heterocycles. The van der Waals surface area contributed by atoms with Crippen LogP contribution in [0.1, 0.15) is 61.1 Å². The lowest BCUT2D eigenvalue weighted by Crippen LogP contribution is -2.17. The molecule has 4 rings (SSSR count). The van der Waals surface area contributed by atoms with Crippen molar-refractivity contribution in [1.29, 1.82) is 0 Å². The van der Waals surface area contributed by atoms with Crippen molar-refractivity contribution in [2.45, 2.75) is 46.6 Å². The molecule has 0 fully saturated rings. The fourth-order valence-corrected chi connectivity index (χ4v) is 3.95. The van der Waals surface area contributed by atoms with Gasteiger partial charge < -0.3 is 5.32 Å². The number of aryl methyl sites for hydroxylation is 2. The van der Waals surface area contributed by atoms with Crippen molar-refractivity contribution in [1.82, 2.24) is 0 Å². The van der Waals surface area contributed by atoms with E-state index in [-0.39, 0.29) is 6.04 Å². The van der Waals surface area contributed by atoms with Gasteiger partial charge in [0.05, 0.1) is 17.5 Å². The minimum absolute atomic E-state index is 0.256. The van der Waals surface area contributed by atoms with Gasteiger partial charge in [-0.3, -0.25) is 0 Å². The van der Waals surface area contributed by atoms with Crippen molar-refractivity contribution in [3.05, 3.63) is 101 Å². The molecular formula is C28H31N3. The number of hydrogen-bond donors (Lipinski definition) is 1. The van der Waals surface area contributed by atoms with E-state index in [1.54, 1.807) is 0 Å². The van der Waals surface area contributed by atoms with E-state index in [2.05, 4.69) is 116 Å². The van der Waals surface area contributed by atoms with Crippen molar-refractivity contribution < 1.29 is 0 Å². The quantitative estimate of drug-likeness (QED) is 0.450. The third-order valence-electron chi connectivity index (χ3n) is 5.97. The molecule has 0 amide bonds. The Kier molecular flexibility index (Phi) is 6.31. The van der Waals surface area contributed by atoms with E-state index in [1.165, 1.54) is 16.7 Å². The highest BCUT2D eigenvalue weighted by atomic mass is 15.2. The molecule has 3 nitrogen and oxygen atoms in total. The van der Waals surface area contributed by atoms with Crippen LogP contribution in [0.25, 0.3) is 0 Å². The molecule has 31 heavy (non-hydrogen) atoms. The van der Waals surface area contributed by atoms with Gasteiger partial charge in [-0.2, -0.15) is 10.2 Å². The van der Waals surface area contributed by atoms with Gasteiger partial charge in [0.15, 0.2) is 0 Å². The van der Waals surface area contributed by atoms with Gasteiger partial charge in [-0.25, -0.2) is 0 Å². The molecule has 0 saturated heterocycles. The van der Waals surface area contributed by atoms with Crippen molar-refractivity contribution in [2.75, 3.05) is 5.32 Å². The summed E-state index contributed by atoms with van der Waals surface area (Å²) >= 11 is 0. The maximum absolute atomic E-state index is 4.48. The van der Waals surface area contributed by atoms with Crippen LogP contribution < -0.4 is 5.32 Å². The van der Waals surface area contributed by atoms with Gasteiger partial charge in [-0.05, 0) is 53.6 Å². The zero-order valence-corrected chi connectivity index (χ0v) is 18.9. The fraction of sp³-hybridized carbons (Fsp3) is 0.286. The van der Waals surface area contributed by atoms with E-state index in [4.69, 9.17) is 0 Å². The number of nitrogens with zero attached hydrogens (tertiary/aromatic N) is 2. The highest BCUT2D eigenvalue weighted by Crippen LogP contribution is 2.28. The third-order valence-corrected chi connectivity index (χ3v) is 5.97. The molecule has 1 aliphatic rings. The maximum Gasteiger partial charge on any atom is 0.0763 e. The first-order chi connectivity index (χ1) is 15.0. The van der Waals surface area contributed by atoms with Gasteiger partial charge in [0, 0.05) is 12.1 Å². The summed E-state index contributed by atoms with van der Waals surface area (Å²) in [6.07, 6.45) is 1.83. The molecule has 0 saturated carbocycles. The molecule has 3 aromatic carbocycles. The van der Waals surface area contributed by atoms with Crippen molar-refractivity contribution in [3.8, 4) is 0 Å². The molecule has 0 spiro atoms. The molecule has 1 unspecified atom stereocenters. The van der Waals surface area contributed by atoms with Crippen LogP contribution in [-0.4, -0.2) is 11.4 Å². The smallest absolute Gasteiger partial charge is 0.0763 e. The zero-order chi connectivity index (χ0) is 21.8. The summed E-state index contributed by atoms with van der Waals surface area (Å²) in [5.74, 6) is 0.469. The summed E-state index contributed by atoms with van der Waals surface area (Å²) in [6, 6.07) is 26.3. The first-order valence-electron chi connectivity index (χ1n) is 11.2. The highest BCUT2D eigenvalue weighted by molar-refractivity contribution is 6.20. The minimum Gasteiger partial charge on any atom is -0.378 e. The monoisotopic (exact) mass is 409 g/mol. The molecular weight excluding hydrogens is 378 g/mol. The van der Waals surface area contributed by atoms with Crippen LogP contribution in [0, 0.1) is 12.8 Å². The Balaban J connectivity index is 1.45. The van der Waals surface area contributed by atoms with E-state index >= 15 is 0 Å². The molecule has 1 aliphatic heterocycles. The van der Waals surface area contributed by atoms with Gasteiger partial charge in [0.1, 0.15) is 0 Å². The number of benzene rings is 3. The van der Waals surface area contributed by atoms with Crippen LogP contribution in [0.4, 0.5) is 5.69 Å². The standard InChI is InChI=1S/C28H31N3/c1-5-21-8-10-22(11-9-21)26-18-27(31-30-26)23-12-14-24(15-13-23)28(19(2)3)29-25-16-6-20(4)7-17-25/h6-17,19,28-29H,5,18H2,1-4H3. The van der Waals surface area contributed by atoms with Crippen molar-refractivity contribution in [2.24, 2.45) is 16.1 Å². The zero-order valence-electron chi connectivity index (χ0n) is 18.9. The average molecular weight is 410 g/mol. The molecule has 0 radical (unpaired) electrons. The summed E-state index contributed by atoms with van der Waals surface area (Å²) in [5.41, 5.74) is 9.45. The summed E-state index contributed by atoms with van der Waals surface area (Å²) in [4.78, 5) is 0. The Labute approximate surface area is 185 Å². The van der Waals surface area contributed by atoms with Crippen LogP contribution in [0.3, 0.4) is 0 Å². The Bertz CT molecular complexity index is 1070. The summed E-state index contributed by atoms with van der Waals surface area (Å²) in [5, 5.41) is 12.6. The molecule has 0 aliphatic carbocycles. The maximum atomic E-state index is 4.48. The van der Waals surface area contributed by atoms with Crippen LogP contribution in [0.15, 0.2) is 83.0 Å². The summed E-state index contributed by atoms with van der Waals surface area (Å²) in [7, 11) is 0. The second kappa shape index (κ2) is 9.30. The second-order valence-corrected chi connectivity index (χ2v) is 8.67. The van der Waals surface area contributed by atoms with Crippen molar-refractivity contribution >= 4 is 17.1 Å². The Hall–Kier alpha value is -3.20. The second-order valence-electron chi connectivity index (χ2n) is 8.67. The van der Waals surface area contributed by atoms with E-state index in [0.717, 1.165) is 41.1 Å². The average Bonchev–Trinajstić information content (AvgIpc) is 3.29. The Morgan fingerprint density at radius 2 is 1.32 bits per heavy atom. The minimum atomic E-state index is 0.256. The SMILES string of the molecule is CCc1ccc(C2=NN=C(c3ccc(C(Nc4ccc(C)cc4)C(C)C)cc3)C2)cc1. The number of nitrogens with one attached hydrogen (secondary N) is 1. The van der Waals surface area contributed by atoms with E-state index in [0.29, 0.717) is 5.92 Å². The van der Waals surface area contributed by atoms with E-state index < -0.39 is 0 Å². The molecule has 3 aromatic rings. The highest BCUT2D eigenvalue weighted by Gasteiger charge is 2.19. The molecule has 1 heterocycles. The first-order valence-corrected chi connectivity index (χ1v) is 11.2. The summed E-state index contributed by atoms with van der Waals surface area (Å²) in [6.45, 7) is 8.80. The van der Waals surface area contributed by atoms with Crippen molar-refractivity contribution in [3.63, 3.8) is 0 Å². The normalized spacial score (nSPS) is 14.4. The lowest BCUT2D eigenvalue weighted by molar-refractivity contribution is 0.546. The van der Waals surface area contributed by atoms with Gasteiger partial charge >= 0.3 is 0 Å². The van der Waals surface area contributed by atoms with Crippen LogP contribution in [0.5, 0.6) is 0 Å². The predicted octanol–water partition coefficient (Wildman–Crippen LogP) is 6.96. The molecule has 0 bridgehead atoms. The lowest BCUT2D eigenvalue weighted by Gasteiger charge is -2.24. The summed E-state index contributed by atoms with van der Waals surface area (Å²) < 4.78 is 0. The van der Waals surface area contributed by atoms with Gasteiger partial charge in [-0.15, -0.1) is 0 Å². The number of anilines is 1. The fourth-order valence-electron chi connectivity index (χ4n) is 3.95. The van der Waals surface area contributed by atoms with Crippen LogP contribution in [-0.2, 0) is 6.42 Å². The largest absolute Gasteiger partial charge is 0.378 e. The molecule has 3 heteroatoms. The van der Waals surface area contributed by atoms with Crippen LogP contribution >= 0.6 is 0 Å². The molecule has 1 N–H and O–H groups in total. The van der Waals surface area contributed by atoms with Gasteiger partial charge in [-0.1, -0.05) is 87.0 Å². The predicted molar refractivity (Wildman–Crippen MR) is 132 cm³/mol. The molecule has 158 valence electrons. The Morgan fingerprint density at radius 3 is 1.84 bits per heavy atom. The number of rotatable bonds is 7.